The standard InChI is InChI=1S/C14H27N3O3S/c1-12(16-8-5-6-9-16)11-15-14(18)13-7-3-4-10-17(13)21(2,19)20/h12-13H,3-11H2,1-2H3,(H,15,18). The van der Waals surface area contributed by atoms with Crippen LogP contribution in [0.15, 0.2) is 0 Å². The van der Waals surface area contributed by atoms with Crippen molar-refractivity contribution in [1.82, 2.24) is 14.5 Å². The molecule has 0 radical (unpaired) electrons. The summed E-state index contributed by atoms with van der Waals surface area (Å²) in [6, 6.07) is -0.216. The number of amides is 1. The molecule has 1 amide bonds. The van der Waals surface area contributed by atoms with E-state index >= 15 is 0 Å². The van der Waals surface area contributed by atoms with E-state index in [2.05, 4.69) is 17.1 Å². The molecule has 0 aliphatic carbocycles. The Hall–Kier alpha value is -0.660. The van der Waals surface area contributed by atoms with Gasteiger partial charge < -0.3 is 5.32 Å². The number of nitrogens with zero attached hydrogens (tertiary/aromatic N) is 2. The molecule has 2 aliphatic rings. The van der Waals surface area contributed by atoms with E-state index in [1.54, 1.807) is 0 Å². The van der Waals surface area contributed by atoms with Crippen molar-refractivity contribution in [2.24, 2.45) is 0 Å². The molecular weight excluding hydrogens is 290 g/mol. The van der Waals surface area contributed by atoms with Crippen LogP contribution in [0.3, 0.4) is 0 Å². The highest BCUT2D eigenvalue weighted by molar-refractivity contribution is 7.88. The summed E-state index contributed by atoms with van der Waals surface area (Å²) in [6.07, 6.45) is 6.00. The second-order valence-corrected chi connectivity index (χ2v) is 8.16. The minimum absolute atomic E-state index is 0.147. The van der Waals surface area contributed by atoms with Gasteiger partial charge in [0.1, 0.15) is 6.04 Å². The normalized spacial score (nSPS) is 26.7. The molecule has 6 nitrogen and oxygen atoms in total. The minimum Gasteiger partial charge on any atom is -0.353 e. The van der Waals surface area contributed by atoms with E-state index in [9.17, 15) is 13.2 Å². The van der Waals surface area contributed by atoms with Gasteiger partial charge in [-0.05, 0) is 45.7 Å². The highest BCUT2D eigenvalue weighted by atomic mass is 32.2. The Kier molecular flexibility index (Phi) is 5.62. The van der Waals surface area contributed by atoms with E-state index in [1.807, 2.05) is 0 Å². The number of carbonyl (C=O) groups is 1. The first-order valence-electron chi connectivity index (χ1n) is 7.88. The van der Waals surface area contributed by atoms with Crippen molar-refractivity contribution >= 4 is 15.9 Å². The molecule has 2 atom stereocenters. The maximum atomic E-state index is 12.3. The molecule has 0 bridgehead atoms. The van der Waals surface area contributed by atoms with Crippen LogP contribution in [0.25, 0.3) is 0 Å². The van der Waals surface area contributed by atoms with Crippen LogP contribution in [-0.4, -0.2) is 68.0 Å². The topological polar surface area (TPSA) is 69.7 Å². The third-order valence-electron chi connectivity index (χ3n) is 4.52. The van der Waals surface area contributed by atoms with Gasteiger partial charge >= 0.3 is 0 Å². The van der Waals surface area contributed by atoms with Crippen LogP contribution >= 0.6 is 0 Å². The van der Waals surface area contributed by atoms with Gasteiger partial charge in [-0.2, -0.15) is 4.31 Å². The third kappa shape index (κ3) is 4.40. The summed E-state index contributed by atoms with van der Waals surface area (Å²) in [5.41, 5.74) is 0. The van der Waals surface area contributed by atoms with Gasteiger partial charge in [-0.15, -0.1) is 0 Å². The predicted molar refractivity (Wildman–Crippen MR) is 82.5 cm³/mol. The van der Waals surface area contributed by atoms with Gasteiger partial charge in [0.2, 0.25) is 15.9 Å². The quantitative estimate of drug-likeness (QED) is 0.797. The molecular formula is C14H27N3O3S. The van der Waals surface area contributed by atoms with Crippen LogP contribution in [0, 0.1) is 0 Å². The molecule has 2 aliphatic heterocycles. The number of piperidine rings is 1. The van der Waals surface area contributed by atoms with E-state index in [0.717, 1.165) is 25.9 Å². The zero-order valence-electron chi connectivity index (χ0n) is 13.0. The summed E-state index contributed by atoms with van der Waals surface area (Å²) >= 11 is 0. The van der Waals surface area contributed by atoms with Crippen molar-refractivity contribution in [2.75, 3.05) is 32.4 Å². The SMILES string of the molecule is CC(CNC(=O)C1CCCCN1S(C)(=O)=O)N1CCCC1. The Morgan fingerprint density at radius 1 is 1.19 bits per heavy atom. The van der Waals surface area contributed by atoms with Crippen molar-refractivity contribution in [2.45, 2.75) is 51.1 Å². The first-order chi connectivity index (χ1) is 9.89. The third-order valence-corrected chi connectivity index (χ3v) is 5.81. The van der Waals surface area contributed by atoms with Crippen molar-refractivity contribution in [1.29, 1.82) is 0 Å². The second-order valence-electron chi connectivity index (χ2n) is 6.22. The lowest BCUT2D eigenvalue weighted by atomic mass is 10.0. The van der Waals surface area contributed by atoms with E-state index < -0.39 is 16.1 Å². The largest absolute Gasteiger partial charge is 0.353 e. The van der Waals surface area contributed by atoms with Gasteiger partial charge in [0.25, 0.3) is 0 Å². The Labute approximate surface area is 127 Å². The van der Waals surface area contributed by atoms with Crippen LogP contribution in [0.5, 0.6) is 0 Å². The van der Waals surface area contributed by atoms with E-state index in [0.29, 0.717) is 25.6 Å². The number of carbonyl (C=O) groups excluding carboxylic acids is 1. The zero-order valence-corrected chi connectivity index (χ0v) is 13.9. The molecule has 0 saturated carbocycles. The molecule has 2 saturated heterocycles. The van der Waals surface area contributed by atoms with Crippen LogP contribution < -0.4 is 5.32 Å². The molecule has 0 aromatic carbocycles. The van der Waals surface area contributed by atoms with Crippen LogP contribution in [0.4, 0.5) is 0 Å². The zero-order chi connectivity index (χ0) is 15.5. The molecule has 122 valence electrons. The van der Waals surface area contributed by atoms with Crippen molar-refractivity contribution in [3.8, 4) is 0 Å². The average molecular weight is 317 g/mol. The summed E-state index contributed by atoms with van der Waals surface area (Å²) in [4.78, 5) is 14.7. The fourth-order valence-corrected chi connectivity index (χ4v) is 4.37. The fourth-order valence-electron chi connectivity index (χ4n) is 3.24. The van der Waals surface area contributed by atoms with E-state index in [-0.39, 0.29) is 5.91 Å². The summed E-state index contributed by atoms with van der Waals surface area (Å²) < 4.78 is 24.9. The maximum Gasteiger partial charge on any atom is 0.238 e. The van der Waals surface area contributed by atoms with Crippen molar-refractivity contribution < 1.29 is 13.2 Å². The first kappa shape index (κ1) is 16.7. The highest BCUT2D eigenvalue weighted by Gasteiger charge is 2.34. The lowest BCUT2D eigenvalue weighted by Gasteiger charge is -2.33. The molecule has 2 fully saturated rings. The summed E-state index contributed by atoms with van der Waals surface area (Å²) in [5.74, 6) is -0.147. The van der Waals surface area contributed by atoms with Gasteiger partial charge in [0.15, 0.2) is 0 Å². The Balaban J connectivity index is 1.88. The lowest BCUT2D eigenvalue weighted by Crippen LogP contribution is -2.53. The minimum atomic E-state index is -3.31. The Morgan fingerprint density at radius 3 is 2.43 bits per heavy atom. The number of sulfonamides is 1. The predicted octanol–water partition coefficient (Wildman–Crippen LogP) is 0.401. The van der Waals surface area contributed by atoms with Gasteiger partial charge in [-0.1, -0.05) is 6.42 Å². The van der Waals surface area contributed by atoms with Crippen LogP contribution in [-0.2, 0) is 14.8 Å². The average Bonchev–Trinajstić information content (AvgIpc) is 2.97. The Bertz CT molecular complexity index is 460. The lowest BCUT2D eigenvalue weighted by molar-refractivity contribution is -0.125. The highest BCUT2D eigenvalue weighted by Crippen LogP contribution is 2.20. The Morgan fingerprint density at radius 2 is 1.81 bits per heavy atom. The van der Waals surface area contributed by atoms with Crippen LogP contribution in [0.2, 0.25) is 0 Å². The number of rotatable bonds is 5. The van der Waals surface area contributed by atoms with Gasteiger partial charge in [-0.25, -0.2) is 8.42 Å². The molecule has 0 aromatic heterocycles. The molecule has 2 heterocycles. The molecule has 1 N–H and O–H groups in total. The molecule has 0 spiro atoms. The van der Waals surface area contributed by atoms with Crippen molar-refractivity contribution in [3.63, 3.8) is 0 Å². The maximum absolute atomic E-state index is 12.3. The number of likely N-dealkylation sites (tertiary alicyclic amines) is 1. The number of hydrogen-bond acceptors (Lipinski definition) is 4. The second kappa shape index (κ2) is 7.07. The smallest absolute Gasteiger partial charge is 0.238 e. The number of hydrogen-bond donors (Lipinski definition) is 1. The molecule has 2 rings (SSSR count). The van der Waals surface area contributed by atoms with Gasteiger partial charge in [0.05, 0.1) is 6.26 Å². The molecule has 2 unspecified atom stereocenters. The molecule has 0 aromatic rings. The summed E-state index contributed by atoms with van der Waals surface area (Å²) in [6.45, 7) is 5.35. The van der Waals surface area contributed by atoms with Crippen LogP contribution in [0.1, 0.15) is 39.0 Å². The monoisotopic (exact) mass is 317 g/mol. The van der Waals surface area contributed by atoms with Gasteiger partial charge in [-0.3, -0.25) is 9.69 Å². The molecule has 7 heteroatoms. The van der Waals surface area contributed by atoms with E-state index in [4.69, 9.17) is 0 Å². The van der Waals surface area contributed by atoms with Crippen molar-refractivity contribution in [3.05, 3.63) is 0 Å². The first-order valence-corrected chi connectivity index (χ1v) is 9.73. The fraction of sp³-hybridized carbons (Fsp3) is 0.929. The van der Waals surface area contributed by atoms with Gasteiger partial charge in [0, 0.05) is 19.1 Å². The summed E-state index contributed by atoms with van der Waals surface area (Å²) in [7, 11) is -3.31. The molecule has 21 heavy (non-hydrogen) atoms. The van der Waals surface area contributed by atoms with E-state index in [1.165, 1.54) is 23.4 Å². The summed E-state index contributed by atoms with van der Waals surface area (Å²) in [5, 5.41) is 2.94. The number of nitrogens with one attached hydrogen (secondary N) is 1.